The number of fused-ring (bicyclic) bond motifs is 1. The third-order valence-electron chi connectivity index (χ3n) is 3.81. The number of rotatable bonds is 4. The van der Waals surface area contributed by atoms with Crippen LogP contribution in [-0.2, 0) is 4.74 Å². The Kier molecular flexibility index (Phi) is 3.76. The molecule has 0 aliphatic carbocycles. The van der Waals surface area contributed by atoms with Crippen LogP contribution in [0.3, 0.4) is 0 Å². The van der Waals surface area contributed by atoms with Crippen LogP contribution in [0.4, 0.5) is 0 Å². The lowest BCUT2D eigenvalue weighted by Crippen LogP contribution is -2.31. The zero-order valence-electron chi connectivity index (χ0n) is 11.3. The first-order valence-electron chi connectivity index (χ1n) is 7.08. The number of hydrogen-bond acceptors (Lipinski definition) is 3. The van der Waals surface area contributed by atoms with Crippen molar-refractivity contribution in [1.82, 2.24) is 10.3 Å². The van der Waals surface area contributed by atoms with Gasteiger partial charge in [0.1, 0.15) is 0 Å². The molecule has 1 aromatic carbocycles. The molecule has 0 amide bonds. The molecule has 2 atom stereocenters. The molecule has 0 bridgehead atoms. The van der Waals surface area contributed by atoms with Gasteiger partial charge in [-0.1, -0.05) is 25.1 Å². The van der Waals surface area contributed by atoms with Crippen LogP contribution in [0.1, 0.15) is 31.4 Å². The quantitative estimate of drug-likeness (QED) is 0.913. The molecule has 1 aliphatic heterocycles. The highest BCUT2D eigenvalue weighted by molar-refractivity contribution is 5.85. The summed E-state index contributed by atoms with van der Waals surface area (Å²) in [7, 11) is 0. The Bertz CT molecular complexity index is 544. The summed E-state index contributed by atoms with van der Waals surface area (Å²) >= 11 is 0. The topological polar surface area (TPSA) is 34.2 Å². The molecule has 1 aliphatic rings. The number of nitrogens with one attached hydrogen (secondary N) is 1. The van der Waals surface area contributed by atoms with Gasteiger partial charge in [0.2, 0.25) is 0 Å². The number of pyridine rings is 1. The summed E-state index contributed by atoms with van der Waals surface area (Å²) in [5.41, 5.74) is 1.30. The molecule has 0 spiro atoms. The summed E-state index contributed by atoms with van der Waals surface area (Å²) in [6, 6.07) is 8.78. The molecule has 3 heteroatoms. The van der Waals surface area contributed by atoms with Gasteiger partial charge in [-0.3, -0.25) is 4.98 Å². The zero-order valence-corrected chi connectivity index (χ0v) is 11.3. The van der Waals surface area contributed by atoms with Crippen LogP contribution in [0.2, 0.25) is 0 Å². The van der Waals surface area contributed by atoms with Crippen LogP contribution < -0.4 is 5.32 Å². The minimum atomic E-state index is 0.264. The van der Waals surface area contributed by atoms with Gasteiger partial charge in [-0.05, 0) is 36.4 Å². The number of ether oxygens (including phenoxy) is 1. The highest BCUT2D eigenvalue weighted by Gasteiger charge is 2.27. The Morgan fingerprint density at radius 2 is 2.37 bits per heavy atom. The van der Waals surface area contributed by atoms with E-state index in [1.165, 1.54) is 16.3 Å². The Balaban J connectivity index is 2.03. The molecular formula is C16H20N2O. The van der Waals surface area contributed by atoms with Crippen molar-refractivity contribution >= 4 is 10.8 Å². The van der Waals surface area contributed by atoms with Gasteiger partial charge < -0.3 is 10.1 Å². The summed E-state index contributed by atoms with van der Waals surface area (Å²) in [5.74, 6) is 0. The van der Waals surface area contributed by atoms with Crippen LogP contribution in [-0.4, -0.2) is 24.2 Å². The highest BCUT2D eigenvalue weighted by atomic mass is 16.5. The molecule has 1 aromatic heterocycles. The van der Waals surface area contributed by atoms with Crippen molar-refractivity contribution in [3.8, 4) is 0 Å². The second-order valence-electron chi connectivity index (χ2n) is 5.03. The van der Waals surface area contributed by atoms with E-state index in [1.807, 2.05) is 12.4 Å². The van der Waals surface area contributed by atoms with Gasteiger partial charge in [0, 0.05) is 24.4 Å². The number of benzene rings is 1. The Morgan fingerprint density at radius 3 is 3.16 bits per heavy atom. The van der Waals surface area contributed by atoms with E-state index in [2.05, 4.69) is 41.5 Å². The summed E-state index contributed by atoms with van der Waals surface area (Å²) < 4.78 is 5.89. The van der Waals surface area contributed by atoms with E-state index in [4.69, 9.17) is 4.74 Å². The van der Waals surface area contributed by atoms with E-state index < -0.39 is 0 Å². The van der Waals surface area contributed by atoms with Crippen LogP contribution in [0, 0.1) is 0 Å². The molecule has 2 aromatic rings. The maximum atomic E-state index is 5.89. The minimum Gasteiger partial charge on any atom is -0.376 e. The summed E-state index contributed by atoms with van der Waals surface area (Å²) in [5, 5.41) is 6.05. The fourth-order valence-corrected chi connectivity index (χ4v) is 2.94. The molecule has 2 heterocycles. The average molecular weight is 256 g/mol. The Labute approximate surface area is 114 Å². The molecule has 100 valence electrons. The fourth-order valence-electron chi connectivity index (χ4n) is 2.94. The van der Waals surface area contributed by atoms with Crippen molar-refractivity contribution in [2.24, 2.45) is 0 Å². The van der Waals surface area contributed by atoms with Crippen molar-refractivity contribution in [3.05, 3.63) is 42.2 Å². The van der Waals surface area contributed by atoms with Crippen molar-refractivity contribution < 1.29 is 4.74 Å². The predicted molar refractivity (Wildman–Crippen MR) is 77.1 cm³/mol. The van der Waals surface area contributed by atoms with Gasteiger partial charge >= 0.3 is 0 Å². The Morgan fingerprint density at radius 1 is 1.42 bits per heavy atom. The number of aromatic nitrogens is 1. The zero-order chi connectivity index (χ0) is 13.1. The van der Waals surface area contributed by atoms with Crippen molar-refractivity contribution in [2.75, 3.05) is 13.2 Å². The van der Waals surface area contributed by atoms with Gasteiger partial charge in [0.25, 0.3) is 0 Å². The maximum absolute atomic E-state index is 5.89. The summed E-state index contributed by atoms with van der Waals surface area (Å²) in [6.07, 6.45) is 6.39. The second kappa shape index (κ2) is 5.68. The number of hydrogen-bond donors (Lipinski definition) is 1. The molecule has 0 saturated carbocycles. The standard InChI is InChI=1S/C16H20N2O/c1-2-18-16(15-7-4-10-19-15)13-6-3-5-12-8-9-17-11-14(12)13/h3,5-6,8-9,11,15-16,18H,2,4,7,10H2,1H3. The lowest BCUT2D eigenvalue weighted by Gasteiger charge is -2.25. The van der Waals surface area contributed by atoms with Crippen LogP contribution in [0.5, 0.6) is 0 Å². The third-order valence-corrected chi connectivity index (χ3v) is 3.81. The first-order valence-corrected chi connectivity index (χ1v) is 7.08. The smallest absolute Gasteiger partial charge is 0.0770 e. The molecule has 2 unspecified atom stereocenters. The second-order valence-corrected chi connectivity index (χ2v) is 5.03. The fraction of sp³-hybridized carbons (Fsp3) is 0.438. The highest BCUT2D eigenvalue weighted by Crippen LogP contribution is 2.31. The van der Waals surface area contributed by atoms with E-state index >= 15 is 0 Å². The van der Waals surface area contributed by atoms with Crippen LogP contribution in [0.25, 0.3) is 10.8 Å². The molecule has 3 nitrogen and oxygen atoms in total. The lowest BCUT2D eigenvalue weighted by atomic mass is 9.95. The van der Waals surface area contributed by atoms with Gasteiger partial charge in [0.15, 0.2) is 0 Å². The molecule has 0 radical (unpaired) electrons. The number of nitrogens with zero attached hydrogens (tertiary/aromatic N) is 1. The molecule has 1 fully saturated rings. The van der Waals surface area contributed by atoms with E-state index in [-0.39, 0.29) is 12.1 Å². The molecular weight excluding hydrogens is 236 g/mol. The largest absolute Gasteiger partial charge is 0.376 e. The monoisotopic (exact) mass is 256 g/mol. The maximum Gasteiger partial charge on any atom is 0.0770 e. The Hall–Kier alpha value is -1.45. The van der Waals surface area contributed by atoms with Crippen molar-refractivity contribution in [2.45, 2.75) is 31.9 Å². The predicted octanol–water partition coefficient (Wildman–Crippen LogP) is 3.06. The van der Waals surface area contributed by atoms with Gasteiger partial charge in [-0.25, -0.2) is 0 Å². The molecule has 1 saturated heterocycles. The van der Waals surface area contributed by atoms with Crippen molar-refractivity contribution in [3.63, 3.8) is 0 Å². The first kappa shape index (κ1) is 12.6. The normalized spacial score (nSPS) is 20.8. The van der Waals surface area contributed by atoms with E-state index in [1.54, 1.807) is 0 Å². The SMILES string of the molecule is CCNC(c1cccc2ccncc12)C1CCCO1. The van der Waals surface area contributed by atoms with Gasteiger partial charge in [0.05, 0.1) is 12.1 Å². The summed E-state index contributed by atoms with van der Waals surface area (Å²) in [6.45, 7) is 3.97. The molecule has 19 heavy (non-hydrogen) atoms. The van der Waals surface area contributed by atoms with Crippen LogP contribution in [0.15, 0.2) is 36.7 Å². The summed E-state index contributed by atoms with van der Waals surface area (Å²) in [4.78, 5) is 4.27. The molecule has 1 N–H and O–H groups in total. The number of likely N-dealkylation sites (N-methyl/N-ethyl adjacent to an activating group) is 1. The average Bonchev–Trinajstić information content (AvgIpc) is 2.98. The minimum absolute atomic E-state index is 0.264. The van der Waals surface area contributed by atoms with E-state index in [0.29, 0.717) is 0 Å². The van der Waals surface area contributed by atoms with E-state index in [0.717, 1.165) is 26.0 Å². The van der Waals surface area contributed by atoms with Gasteiger partial charge in [-0.15, -0.1) is 0 Å². The van der Waals surface area contributed by atoms with E-state index in [9.17, 15) is 0 Å². The third kappa shape index (κ3) is 2.48. The van der Waals surface area contributed by atoms with Crippen molar-refractivity contribution in [1.29, 1.82) is 0 Å². The first-order chi connectivity index (χ1) is 9.40. The molecule has 3 rings (SSSR count). The lowest BCUT2D eigenvalue weighted by molar-refractivity contribution is 0.0792. The van der Waals surface area contributed by atoms with Gasteiger partial charge in [-0.2, -0.15) is 0 Å². The van der Waals surface area contributed by atoms with Crippen LogP contribution >= 0.6 is 0 Å².